The Labute approximate surface area is 121 Å². The van der Waals surface area contributed by atoms with Crippen molar-refractivity contribution >= 4 is 5.91 Å². The van der Waals surface area contributed by atoms with Crippen LogP contribution in [-0.4, -0.2) is 48.2 Å². The minimum Gasteiger partial charge on any atom is -0.371 e. The first-order valence-corrected chi connectivity index (χ1v) is 8.50. The minimum absolute atomic E-state index is 0.0758. The zero-order valence-corrected chi connectivity index (χ0v) is 12.2. The highest BCUT2D eigenvalue weighted by Gasteiger charge is 2.40. The number of likely N-dealkylation sites (tertiary alicyclic amines) is 1. The van der Waals surface area contributed by atoms with Crippen molar-refractivity contribution in [3.8, 4) is 0 Å². The van der Waals surface area contributed by atoms with E-state index in [1.165, 1.54) is 32.1 Å². The van der Waals surface area contributed by atoms with Gasteiger partial charge in [-0.05, 0) is 44.4 Å². The van der Waals surface area contributed by atoms with Gasteiger partial charge in [0.1, 0.15) is 0 Å². The summed E-state index contributed by atoms with van der Waals surface area (Å²) >= 11 is 0. The van der Waals surface area contributed by atoms with Gasteiger partial charge in [-0.1, -0.05) is 12.8 Å². The molecule has 4 rings (SSSR count). The smallest absolute Gasteiger partial charge is 0.239 e. The minimum atomic E-state index is 0.0758. The topological polar surface area (TPSA) is 41.6 Å². The predicted octanol–water partition coefficient (Wildman–Crippen LogP) is 1.69. The van der Waals surface area contributed by atoms with E-state index in [1.54, 1.807) is 0 Å². The Bertz CT molecular complexity index is 375. The molecular weight excluding hydrogens is 252 g/mol. The van der Waals surface area contributed by atoms with Crippen LogP contribution in [0.3, 0.4) is 0 Å². The first-order chi connectivity index (χ1) is 9.79. The molecular formula is C16H26N2O2. The first kappa shape index (κ1) is 13.1. The van der Waals surface area contributed by atoms with E-state index in [4.69, 9.17) is 4.74 Å². The molecule has 1 amide bonds. The lowest BCUT2D eigenvalue weighted by atomic mass is 9.77. The van der Waals surface area contributed by atoms with Gasteiger partial charge in [0.25, 0.3) is 0 Å². The van der Waals surface area contributed by atoms with Gasteiger partial charge < -0.3 is 15.0 Å². The van der Waals surface area contributed by atoms with Crippen LogP contribution in [-0.2, 0) is 9.53 Å². The molecule has 0 aromatic heterocycles. The average Bonchev–Trinajstić information content (AvgIpc) is 2.84. The van der Waals surface area contributed by atoms with Crippen LogP contribution in [0.4, 0.5) is 0 Å². The lowest BCUT2D eigenvalue weighted by Gasteiger charge is -2.42. The van der Waals surface area contributed by atoms with Crippen molar-refractivity contribution in [2.45, 2.75) is 75.7 Å². The van der Waals surface area contributed by atoms with E-state index in [2.05, 4.69) is 10.2 Å². The highest BCUT2D eigenvalue weighted by molar-refractivity contribution is 5.82. The summed E-state index contributed by atoms with van der Waals surface area (Å²) in [6.45, 7) is 1.64. The second kappa shape index (κ2) is 5.30. The van der Waals surface area contributed by atoms with E-state index >= 15 is 0 Å². The summed E-state index contributed by atoms with van der Waals surface area (Å²) in [5.41, 5.74) is 0. The number of carbonyl (C=O) groups is 1. The molecule has 1 aliphatic carbocycles. The summed E-state index contributed by atoms with van der Waals surface area (Å²) in [6, 6.07) is 0.677. The third-order valence-corrected chi connectivity index (χ3v) is 5.80. The van der Waals surface area contributed by atoms with E-state index in [-0.39, 0.29) is 6.04 Å². The van der Waals surface area contributed by atoms with Gasteiger partial charge in [0.2, 0.25) is 5.91 Å². The van der Waals surface area contributed by atoms with Gasteiger partial charge in [0, 0.05) is 19.1 Å². The number of nitrogens with one attached hydrogen (secondary N) is 1. The third kappa shape index (κ3) is 2.37. The molecule has 4 fully saturated rings. The number of piperidine rings is 1. The summed E-state index contributed by atoms with van der Waals surface area (Å²) < 4.78 is 5.84. The largest absolute Gasteiger partial charge is 0.371 e. The zero-order valence-electron chi connectivity index (χ0n) is 12.2. The Kier molecular flexibility index (Phi) is 3.47. The maximum absolute atomic E-state index is 12.8. The predicted molar refractivity (Wildman–Crippen MR) is 76.4 cm³/mol. The summed E-state index contributed by atoms with van der Waals surface area (Å²) in [5, 5.41) is 3.67. The highest BCUT2D eigenvalue weighted by atomic mass is 16.5. The normalized spacial score (nSPS) is 44.2. The fourth-order valence-corrected chi connectivity index (χ4v) is 4.71. The summed E-state index contributed by atoms with van der Waals surface area (Å²) in [5.74, 6) is 1.17. The van der Waals surface area contributed by atoms with Gasteiger partial charge >= 0.3 is 0 Å². The van der Waals surface area contributed by atoms with Crippen molar-refractivity contribution in [1.82, 2.24) is 10.2 Å². The van der Waals surface area contributed by atoms with E-state index in [0.29, 0.717) is 24.2 Å². The van der Waals surface area contributed by atoms with Crippen molar-refractivity contribution in [2.75, 3.05) is 13.1 Å². The van der Waals surface area contributed by atoms with E-state index in [1.807, 2.05) is 0 Å². The molecule has 112 valence electrons. The third-order valence-electron chi connectivity index (χ3n) is 5.80. The van der Waals surface area contributed by atoms with E-state index in [9.17, 15) is 4.79 Å². The van der Waals surface area contributed by atoms with Crippen molar-refractivity contribution in [2.24, 2.45) is 5.92 Å². The second-order valence-electron chi connectivity index (χ2n) is 7.15. The molecule has 1 N–H and O–H groups in total. The number of carbonyl (C=O) groups excluding carboxylic acids is 1. The van der Waals surface area contributed by atoms with Gasteiger partial charge in [-0.3, -0.25) is 4.79 Å². The molecule has 5 unspecified atom stereocenters. The number of morpholine rings is 1. The number of rotatable bonds is 1. The van der Waals surface area contributed by atoms with Crippen molar-refractivity contribution in [1.29, 1.82) is 0 Å². The van der Waals surface area contributed by atoms with Crippen LogP contribution in [0.25, 0.3) is 0 Å². The number of nitrogens with zero attached hydrogens (tertiary/aromatic N) is 1. The number of hydrogen-bond donors (Lipinski definition) is 1. The Hall–Kier alpha value is -0.610. The molecule has 3 aliphatic heterocycles. The highest BCUT2D eigenvalue weighted by Crippen LogP contribution is 2.33. The number of ether oxygens (including phenoxy) is 1. The molecule has 20 heavy (non-hydrogen) atoms. The lowest BCUT2D eigenvalue weighted by Crippen LogP contribution is -2.58. The Morgan fingerprint density at radius 2 is 1.70 bits per heavy atom. The van der Waals surface area contributed by atoms with Crippen LogP contribution in [0.15, 0.2) is 0 Å². The van der Waals surface area contributed by atoms with Gasteiger partial charge in [0.05, 0.1) is 18.2 Å². The molecule has 4 nitrogen and oxygen atoms in total. The second-order valence-corrected chi connectivity index (χ2v) is 7.15. The molecule has 2 bridgehead atoms. The molecule has 0 spiro atoms. The van der Waals surface area contributed by atoms with Crippen molar-refractivity contribution in [3.63, 3.8) is 0 Å². The fourth-order valence-electron chi connectivity index (χ4n) is 4.71. The summed E-state index contributed by atoms with van der Waals surface area (Å²) in [4.78, 5) is 14.8. The van der Waals surface area contributed by atoms with Gasteiger partial charge in [-0.15, -0.1) is 0 Å². The van der Waals surface area contributed by atoms with Gasteiger partial charge in [0.15, 0.2) is 0 Å². The molecule has 0 radical (unpaired) electrons. The molecule has 4 heteroatoms. The van der Waals surface area contributed by atoms with Crippen molar-refractivity contribution < 1.29 is 9.53 Å². The van der Waals surface area contributed by atoms with Crippen LogP contribution in [0.1, 0.15) is 51.4 Å². The van der Waals surface area contributed by atoms with E-state index in [0.717, 1.165) is 38.3 Å². The lowest BCUT2D eigenvalue weighted by molar-refractivity contribution is -0.143. The monoisotopic (exact) mass is 278 g/mol. The standard InChI is InChI=1S/C16H26N2O2/c19-16(18-9-12-6-7-13(10-18)20-12)15-8-5-11-3-1-2-4-14(11)17-15/h11-15,17H,1-10H2. The Morgan fingerprint density at radius 1 is 0.950 bits per heavy atom. The van der Waals surface area contributed by atoms with E-state index < -0.39 is 0 Å². The van der Waals surface area contributed by atoms with Crippen LogP contribution >= 0.6 is 0 Å². The van der Waals surface area contributed by atoms with Crippen LogP contribution in [0.2, 0.25) is 0 Å². The number of amides is 1. The van der Waals surface area contributed by atoms with Crippen LogP contribution in [0.5, 0.6) is 0 Å². The Balaban J connectivity index is 1.39. The fraction of sp³-hybridized carbons (Fsp3) is 0.938. The van der Waals surface area contributed by atoms with Gasteiger partial charge in [-0.2, -0.15) is 0 Å². The first-order valence-electron chi connectivity index (χ1n) is 8.50. The molecule has 1 saturated carbocycles. The van der Waals surface area contributed by atoms with Gasteiger partial charge in [-0.25, -0.2) is 0 Å². The number of hydrogen-bond acceptors (Lipinski definition) is 3. The molecule has 5 atom stereocenters. The Morgan fingerprint density at radius 3 is 2.50 bits per heavy atom. The number of fused-ring (bicyclic) bond motifs is 3. The summed E-state index contributed by atoms with van der Waals surface area (Å²) in [7, 11) is 0. The summed E-state index contributed by atoms with van der Waals surface area (Å²) in [6.07, 6.45) is 10.5. The van der Waals surface area contributed by atoms with Crippen LogP contribution < -0.4 is 5.32 Å². The van der Waals surface area contributed by atoms with Crippen LogP contribution in [0, 0.1) is 5.92 Å². The zero-order chi connectivity index (χ0) is 13.5. The quantitative estimate of drug-likeness (QED) is 0.793. The molecule has 0 aromatic carbocycles. The molecule has 3 saturated heterocycles. The molecule has 0 aromatic rings. The maximum atomic E-state index is 12.8. The maximum Gasteiger partial charge on any atom is 0.239 e. The SMILES string of the molecule is O=C(C1CCC2CCCCC2N1)N1CC2CCC(C1)O2. The van der Waals surface area contributed by atoms with Crippen molar-refractivity contribution in [3.05, 3.63) is 0 Å². The molecule has 3 heterocycles. The average molecular weight is 278 g/mol. The molecule has 4 aliphatic rings.